The molecular formula is C5H13ClSi. The fraction of sp³-hybridized carbons (Fsp3) is 0.600. The lowest BCUT2D eigenvalue weighted by molar-refractivity contribution is 1.80. The molecule has 0 N–H and O–H groups in total. The molecule has 0 rings (SSSR count). The smallest absolute Gasteiger partial charge is 0.134 e. The van der Waals surface area contributed by atoms with E-state index in [-0.39, 0.29) is 0 Å². The molecule has 0 aromatic rings. The van der Waals surface area contributed by atoms with Crippen LogP contribution in [-0.4, -0.2) is 8.11 Å². The maximum absolute atomic E-state index is 5.41. The molecule has 0 aliphatic rings. The molecule has 0 aliphatic heterocycles. The third-order valence-corrected chi connectivity index (χ3v) is 0. The fourth-order valence-corrected chi connectivity index (χ4v) is 0. The summed E-state index contributed by atoms with van der Waals surface area (Å²) in [5, 5.41) is 0. The van der Waals surface area contributed by atoms with E-state index in [9.17, 15) is 0 Å². The van der Waals surface area contributed by atoms with Crippen molar-refractivity contribution in [3.63, 3.8) is 0 Å². The highest BCUT2D eigenvalue weighted by molar-refractivity contribution is 7.05. The third-order valence-electron chi connectivity index (χ3n) is 0. The zero-order chi connectivity index (χ0) is 6.28. The Labute approximate surface area is 52.5 Å². The quantitative estimate of drug-likeness (QED) is 0.273. The highest BCUT2D eigenvalue weighted by Crippen LogP contribution is 1.79. The number of halogens is 1. The highest BCUT2D eigenvalue weighted by atomic mass is 35.6. The van der Waals surface area contributed by atoms with Gasteiger partial charge in [0.1, 0.15) is 8.11 Å². The van der Waals surface area contributed by atoms with E-state index in [1.807, 2.05) is 6.92 Å². The van der Waals surface area contributed by atoms with Crippen molar-refractivity contribution in [2.24, 2.45) is 0 Å². The summed E-state index contributed by atoms with van der Waals surface area (Å²) >= 11 is 5.41. The van der Waals surface area contributed by atoms with Gasteiger partial charge in [-0.2, -0.15) is 11.1 Å². The fourth-order valence-electron chi connectivity index (χ4n) is 0. The molecule has 0 amide bonds. The zero-order valence-corrected chi connectivity index (χ0v) is 7.15. The number of allylic oxidation sites excluding steroid dienone is 1. The van der Waals surface area contributed by atoms with Crippen LogP contribution >= 0.6 is 11.1 Å². The Bertz CT molecular complexity index is 32.3. The summed E-state index contributed by atoms with van der Waals surface area (Å²) in [5.74, 6) is 0. The summed E-state index contributed by atoms with van der Waals surface area (Å²) in [6.45, 7) is 9.39. The summed E-state index contributed by atoms with van der Waals surface area (Å²) in [6, 6.07) is 0. The lowest BCUT2D eigenvalue weighted by Gasteiger charge is -1.72. The molecule has 0 spiro atoms. The zero-order valence-electron chi connectivity index (χ0n) is 5.24. The van der Waals surface area contributed by atoms with Crippen molar-refractivity contribution in [2.45, 2.75) is 20.0 Å². The monoisotopic (exact) mass is 136 g/mol. The molecule has 2 heteroatoms. The molecule has 0 heterocycles. The molecule has 0 radical (unpaired) electrons. The predicted octanol–water partition coefficient (Wildman–Crippen LogP) is 2.40. The maximum Gasteiger partial charge on any atom is 0.134 e. The minimum Gasteiger partial charge on any atom is -0.172 e. The largest absolute Gasteiger partial charge is 0.172 e. The molecule has 0 fully saturated rings. The first-order valence-electron chi connectivity index (χ1n) is 2.36. The van der Waals surface area contributed by atoms with Crippen LogP contribution in [0.3, 0.4) is 0 Å². The van der Waals surface area contributed by atoms with Gasteiger partial charge in [0.25, 0.3) is 0 Å². The first kappa shape index (κ1) is 10.3. The van der Waals surface area contributed by atoms with E-state index in [0.29, 0.717) is 0 Å². The van der Waals surface area contributed by atoms with Crippen molar-refractivity contribution in [1.29, 1.82) is 0 Å². The lowest BCUT2D eigenvalue weighted by atomic mass is 10.8. The Morgan fingerprint density at radius 2 is 1.57 bits per heavy atom. The van der Waals surface area contributed by atoms with Gasteiger partial charge in [0.2, 0.25) is 0 Å². The van der Waals surface area contributed by atoms with Gasteiger partial charge in [-0.15, -0.1) is 6.58 Å². The summed E-state index contributed by atoms with van der Waals surface area (Å²) < 4.78 is 0. The van der Waals surface area contributed by atoms with E-state index >= 15 is 0 Å². The van der Waals surface area contributed by atoms with Crippen LogP contribution in [0, 0.1) is 0 Å². The first-order chi connectivity index (χ1) is 3.15. The number of rotatable bonds is 0. The van der Waals surface area contributed by atoms with Crippen molar-refractivity contribution >= 4 is 19.2 Å². The molecule has 0 aliphatic carbocycles. The molecular weight excluding hydrogens is 124 g/mol. The summed E-state index contributed by atoms with van der Waals surface area (Å²) in [5.41, 5.74) is 0. The maximum atomic E-state index is 5.41. The molecule has 0 atom stereocenters. The van der Waals surface area contributed by atoms with Crippen LogP contribution in [0.25, 0.3) is 0 Å². The van der Waals surface area contributed by atoms with Crippen LogP contribution in [0.15, 0.2) is 12.7 Å². The summed E-state index contributed by atoms with van der Waals surface area (Å²) in [6.07, 6.45) is 1.75. The predicted molar refractivity (Wildman–Crippen MR) is 40.6 cm³/mol. The summed E-state index contributed by atoms with van der Waals surface area (Å²) in [4.78, 5) is 0. The molecule has 7 heavy (non-hydrogen) atoms. The molecule has 0 nitrogen and oxygen atoms in total. The molecule has 0 aromatic heterocycles. The van der Waals surface area contributed by atoms with Gasteiger partial charge in [0, 0.05) is 0 Å². The minimum atomic E-state index is -0.667. The van der Waals surface area contributed by atoms with Crippen molar-refractivity contribution in [3.05, 3.63) is 12.7 Å². The molecule has 0 unspecified atom stereocenters. The second-order valence-corrected chi connectivity index (χ2v) is 6.07. The van der Waals surface area contributed by atoms with Crippen LogP contribution in [0.2, 0.25) is 13.1 Å². The molecule has 0 aromatic carbocycles. The Kier molecular flexibility index (Phi) is 14.0. The van der Waals surface area contributed by atoms with E-state index in [0.717, 1.165) is 0 Å². The van der Waals surface area contributed by atoms with Crippen LogP contribution < -0.4 is 0 Å². The van der Waals surface area contributed by atoms with E-state index in [2.05, 4.69) is 19.7 Å². The average molecular weight is 137 g/mol. The van der Waals surface area contributed by atoms with Gasteiger partial charge in [-0.25, -0.2) is 0 Å². The number of hydrogen-bond acceptors (Lipinski definition) is 0. The topological polar surface area (TPSA) is 0 Å². The number of hydrogen-bond donors (Lipinski definition) is 0. The SMILES string of the molecule is C=CC.C[SiH](C)Cl. The van der Waals surface area contributed by atoms with E-state index in [1.165, 1.54) is 0 Å². The van der Waals surface area contributed by atoms with Crippen LogP contribution in [0.5, 0.6) is 0 Å². The molecule has 44 valence electrons. The second kappa shape index (κ2) is 9.54. The van der Waals surface area contributed by atoms with Crippen LogP contribution in [-0.2, 0) is 0 Å². The standard InChI is InChI=1S/C3H6.C2H7ClSi/c1-3-2;1-4(2)3/h3H,1H2,2H3;4H,1-2H3. The highest BCUT2D eigenvalue weighted by Gasteiger charge is 1.76. The summed E-state index contributed by atoms with van der Waals surface area (Å²) in [7, 11) is -0.667. The van der Waals surface area contributed by atoms with E-state index in [1.54, 1.807) is 6.08 Å². The molecule has 0 saturated carbocycles. The van der Waals surface area contributed by atoms with Crippen LogP contribution in [0.1, 0.15) is 6.92 Å². The lowest BCUT2D eigenvalue weighted by Crippen LogP contribution is -1.78. The molecule has 0 bridgehead atoms. The second-order valence-electron chi connectivity index (χ2n) is 1.42. The minimum absolute atomic E-state index is 0.667. The first-order valence-corrected chi connectivity index (χ1v) is 6.41. The van der Waals surface area contributed by atoms with Gasteiger partial charge >= 0.3 is 0 Å². The van der Waals surface area contributed by atoms with Gasteiger partial charge in [-0.3, -0.25) is 0 Å². The Morgan fingerprint density at radius 1 is 1.57 bits per heavy atom. The normalized spacial score (nSPS) is 7.00. The van der Waals surface area contributed by atoms with Crippen molar-refractivity contribution in [3.8, 4) is 0 Å². The van der Waals surface area contributed by atoms with Gasteiger partial charge in [0.05, 0.1) is 0 Å². The Balaban J connectivity index is 0. The van der Waals surface area contributed by atoms with Crippen LogP contribution in [0.4, 0.5) is 0 Å². The third kappa shape index (κ3) is 1850. The molecule has 0 saturated heterocycles. The van der Waals surface area contributed by atoms with Crippen molar-refractivity contribution in [1.82, 2.24) is 0 Å². The average Bonchev–Trinajstić information content (AvgIpc) is 1.33. The Morgan fingerprint density at radius 3 is 1.57 bits per heavy atom. The van der Waals surface area contributed by atoms with Crippen molar-refractivity contribution < 1.29 is 0 Å². The van der Waals surface area contributed by atoms with Gasteiger partial charge in [-0.1, -0.05) is 19.2 Å². The van der Waals surface area contributed by atoms with E-state index in [4.69, 9.17) is 11.1 Å². The van der Waals surface area contributed by atoms with Gasteiger partial charge in [-0.05, 0) is 6.92 Å². The van der Waals surface area contributed by atoms with Gasteiger partial charge in [0.15, 0.2) is 0 Å². The van der Waals surface area contributed by atoms with E-state index < -0.39 is 8.11 Å². The van der Waals surface area contributed by atoms with Crippen molar-refractivity contribution in [2.75, 3.05) is 0 Å². The Hall–Kier alpha value is 0.247. The van der Waals surface area contributed by atoms with Gasteiger partial charge < -0.3 is 0 Å².